The lowest BCUT2D eigenvalue weighted by atomic mass is 10.2. The number of nitrogens with one attached hydrogen (secondary N) is 2. The minimum absolute atomic E-state index is 0.663. The van der Waals surface area contributed by atoms with E-state index in [9.17, 15) is 0 Å². The molecule has 6 heteroatoms. The van der Waals surface area contributed by atoms with E-state index in [1.165, 1.54) is 6.33 Å². The van der Waals surface area contributed by atoms with Crippen molar-refractivity contribution in [3.8, 4) is 0 Å². The molecule has 1 heterocycles. The van der Waals surface area contributed by atoms with E-state index in [0.717, 1.165) is 28.1 Å². The molecule has 0 bridgehead atoms. The van der Waals surface area contributed by atoms with Gasteiger partial charge in [-0.1, -0.05) is 17.7 Å². The molecule has 4 nitrogen and oxygen atoms in total. The zero-order valence-electron chi connectivity index (χ0n) is 10.7. The van der Waals surface area contributed by atoms with Gasteiger partial charge in [0.25, 0.3) is 0 Å². The second-order valence-corrected chi connectivity index (χ2v) is 5.22. The van der Waals surface area contributed by atoms with Gasteiger partial charge in [0.1, 0.15) is 22.4 Å². The van der Waals surface area contributed by atoms with Crippen molar-refractivity contribution >= 4 is 44.9 Å². The highest BCUT2D eigenvalue weighted by atomic mass is 79.9. The molecule has 0 spiro atoms. The van der Waals surface area contributed by atoms with Gasteiger partial charge >= 0.3 is 0 Å². The molecule has 0 saturated heterocycles. The molecule has 0 aliphatic heterocycles. The fraction of sp³-hybridized carbons (Fsp3) is 0.231. The molecule has 0 amide bonds. The van der Waals surface area contributed by atoms with Crippen LogP contribution in [0, 0.1) is 6.92 Å². The van der Waals surface area contributed by atoms with Crippen LogP contribution in [-0.4, -0.2) is 16.5 Å². The van der Waals surface area contributed by atoms with Crippen molar-refractivity contribution in [2.24, 2.45) is 0 Å². The van der Waals surface area contributed by atoms with Crippen molar-refractivity contribution in [1.29, 1.82) is 0 Å². The zero-order valence-corrected chi connectivity index (χ0v) is 13.0. The minimum atomic E-state index is 0.663. The molecule has 1 aromatic heterocycles. The monoisotopic (exact) mass is 340 g/mol. The maximum Gasteiger partial charge on any atom is 0.150 e. The van der Waals surface area contributed by atoms with Gasteiger partial charge in [0.15, 0.2) is 0 Å². The molecular formula is C13H14BrClN4. The maximum absolute atomic E-state index is 6.20. The normalized spacial score (nSPS) is 10.3. The molecule has 0 saturated carbocycles. The van der Waals surface area contributed by atoms with E-state index in [-0.39, 0.29) is 0 Å². The highest BCUT2D eigenvalue weighted by molar-refractivity contribution is 9.10. The molecule has 0 aliphatic rings. The third-order valence-corrected chi connectivity index (χ3v) is 3.58. The van der Waals surface area contributed by atoms with Crippen LogP contribution in [0.25, 0.3) is 0 Å². The van der Waals surface area contributed by atoms with E-state index < -0.39 is 0 Å². The second-order valence-electron chi connectivity index (χ2n) is 4.02. The summed E-state index contributed by atoms with van der Waals surface area (Å²) in [6, 6.07) is 5.83. The number of aromatic nitrogens is 2. The van der Waals surface area contributed by atoms with Crippen molar-refractivity contribution in [2.75, 3.05) is 17.2 Å². The number of anilines is 3. The first-order valence-corrected chi connectivity index (χ1v) is 7.06. The van der Waals surface area contributed by atoms with Crippen LogP contribution >= 0.6 is 27.5 Å². The molecule has 0 aliphatic carbocycles. The van der Waals surface area contributed by atoms with Crippen LogP contribution in [0.2, 0.25) is 5.02 Å². The molecule has 0 fully saturated rings. The van der Waals surface area contributed by atoms with Crippen molar-refractivity contribution in [2.45, 2.75) is 13.8 Å². The van der Waals surface area contributed by atoms with Gasteiger partial charge in [-0.05, 0) is 47.5 Å². The summed E-state index contributed by atoms with van der Waals surface area (Å²) in [5.74, 6) is 1.43. The van der Waals surface area contributed by atoms with Gasteiger partial charge in [0, 0.05) is 6.54 Å². The fourth-order valence-corrected chi connectivity index (χ4v) is 2.32. The summed E-state index contributed by atoms with van der Waals surface area (Å²) in [6.45, 7) is 4.80. The summed E-state index contributed by atoms with van der Waals surface area (Å²) < 4.78 is 0.786. The Labute approximate surface area is 125 Å². The third-order valence-electron chi connectivity index (χ3n) is 2.51. The SMILES string of the molecule is CCNc1ncnc(Nc2ccc(C)cc2Cl)c1Br. The van der Waals surface area contributed by atoms with Gasteiger partial charge < -0.3 is 10.6 Å². The van der Waals surface area contributed by atoms with Gasteiger partial charge in [0.05, 0.1) is 10.7 Å². The van der Waals surface area contributed by atoms with Crippen LogP contribution in [-0.2, 0) is 0 Å². The first-order chi connectivity index (χ1) is 9.11. The Bertz CT molecular complexity index is 589. The summed E-state index contributed by atoms with van der Waals surface area (Å²) in [7, 11) is 0. The molecule has 0 unspecified atom stereocenters. The summed E-state index contributed by atoms with van der Waals surface area (Å²) in [4.78, 5) is 8.38. The topological polar surface area (TPSA) is 49.8 Å². The van der Waals surface area contributed by atoms with Crippen molar-refractivity contribution in [1.82, 2.24) is 9.97 Å². The molecule has 0 atom stereocenters. The lowest BCUT2D eigenvalue weighted by Crippen LogP contribution is -2.04. The fourth-order valence-electron chi connectivity index (χ4n) is 1.60. The number of rotatable bonds is 4. The smallest absolute Gasteiger partial charge is 0.150 e. The Hall–Kier alpha value is -1.33. The Morgan fingerprint density at radius 2 is 2.00 bits per heavy atom. The highest BCUT2D eigenvalue weighted by Gasteiger charge is 2.09. The Balaban J connectivity index is 2.30. The van der Waals surface area contributed by atoms with Gasteiger partial charge in [-0.25, -0.2) is 9.97 Å². The van der Waals surface area contributed by atoms with Gasteiger partial charge in [-0.3, -0.25) is 0 Å². The van der Waals surface area contributed by atoms with Gasteiger partial charge in [0.2, 0.25) is 0 Å². The van der Waals surface area contributed by atoms with E-state index in [2.05, 4.69) is 36.5 Å². The molecule has 1 aromatic carbocycles. The quantitative estimate of drug-likeness (QED) is 0.866. The van der Waals surface area contributed by atoms with E-state index >= 15 is 0 Å². The van der Waals surface area contributed by atoms with E-state index in [4.69, 9.17) is 11.6 Å². The number of benzene rings is 1. The maximum atomic E-state index is 6.20. The van der Waals surface area contributed by atoms with Crippen molar-refractivity contribution in [3.05, 3.63) is 39.6 Å². The number of nitrogens with zero attached hydrogens (tertiary/aromatic N) is 2. The molecule has 2 rings (SSSR count). The van der Waals surface area contributed by atoms with Gasteiger partial charge in [-0.2, -0.15) is 0 Å². The summed E-state index contributed by atoms with van der Waals surface area (Å²) in [5.41, 5.74) is 1.93. The Morgan fingerprint density at radius 3 is 2.68 bits per heavy atom. The standard InChI is InChI=1S/C13H14BrClN4/c1-3-16-12-11(14)13(18-7-17-12)19-10-5-4-8(2)6-9(10)15/h4-7H,3H2,1-2H3,(H2,16,17,18,19). The largest absolute Gasteiger partial charge is 0.369 e. The average molecular weight is 342 g/mol. The number of aryl methyl sites for hydroxylation is 1. The molecule has 100 valence electrons. The second kappa shape index (κ2) is 6.21. The van der Waals surface area contributed by atoms with Crippen molar-refractivity contribution in [3.63, 3.8) is 0 Å². The van der Waals surface area contributed by atoms with E-state index in [0.29, 0.717) is 10.8 Å². The lowest BCUT2D eigenvalue weighted by Gasteiger charge is -2.12. The number of hydrogen-bond donors (Lipinski definition) is 2. The zero-order chi connectivity index (χ0) is 13.8. The molecule has 2 N–H and O–H groups in total. The van der Waals surface area contributed by atoms with Crippen LogP contribution in [0.5, 0.6) is 0 Å². The first-order valence-electron chi connectivity index (χ1n) is 5.89. The molecule has 19 heavy (non-hydrogen) atoms. The molecule has 2 aromatic rings. The van der Waals surface area contributed by atoms with Crippen LogP contribution in [0.3, 0.4) is 0 Å². The predicted octanol–water partition coefficient (Wildman–Crippen LogP) is 4.38. The van der Waals surface area contributed by atoms with Crippen LogP contribution in [0.1, 0.15) is 12.5 Å². The van der Waals surface area contributed by atoms with Crippen molar-refractivity contribution < 1.29 is 0 Å². The minimum Gasteiger partial charge on any atom is -0.369 e. The molecular weight excluding hydrogens is 328 g/mol. The van der Waals surface area contributed by atoms with E-state index in [1.807, 2.05) is 32.0 Å². The summed E-state index contributed by atoms with van der Waals surface area (Å²) >= 11 is 9.68. The molecule has 0 radical (unpaired) electrons. The summed E-state index contributed by atoms with van der Waals surface area (Å²) in [6.07, 6.45) is 1.51. The van der Waals surface area contributed by atoms with Gasteiger partial charge in [-0.15, -0.1) is 0 Å². The predicted molar refractivity (Wildman–Crippen MR) is 83.4 cm³/mol. The third kappa shape index (κ3) is 3.36. The van der Waals surface area contributed by atoms with Crippen LogP contribution in [0.15, 0.2) is 29.0 Å². The van der Waals surface area contributed by atoms with Crippen LogP contribution < -0.4 is 10.6 Å². The van der Waals surface area contributed by atoms with Crippen LogP contribution in [0.4, 0.5) is 17.3 Å². The Morgan fingerprint density at radius 1 is 1.26 bits per heavy atom. The highest BCUT2D eigenvalue weighted by Crippen LogP contribution is 2.31. The Kier molecular flexibility index (Phi) is 4.61. The first kappa shape index (κ1) is 14.1. The average Bonchev–Trinajstić information content (AvgIpc) is 2.37. The van der Waals surface area contributed by atoms with E-state index in [1.54, 1.807) is 0 Å². The lowest BCUT2D eigenvalue weighted by molar-refractivity contribution is 1.10. The number of hydrogen-bond acceptors (Lipinski definition) is 4. The summed E-state index contributed by atoms with van der Waals surface area (Å²) in [5, 5.41) is 7.01. The number of halogens is 2.